The molecule has 0 N–H and O–H groups in total. The number of rotatable bonds is 9. The van der Waals surface area contributed by atoms with Crippen molar-refractivity contribution in [2.75, 3.05) is 0 Å². The third-order valence-electron chi connectivity index (χ3n) is 10.6. The van der Waals surface area contributed by atoms with Crippen molar-refractivity contribution in [2.45, 2.75) is 0 Å². The van der Waals surface area contributed by atoms with Gasteiger partial charge in [0.1, 0.15) is 0 Å². The van der Waals surface area contributed by atoms with E-state index >= 15 is 0 Å². The molecule has 0 amide bonds. The molecule has 0 unspecified atom stereocenters. The van der Waals surface area contributed by atoms with E-state index in [-0.39, 0.29) is 0 Å². The molecule has 0 bridgehead atoms. The second kappa shape index (κ2) is 16.4. The fourth-order valence-corrected chi connectivity index (χ4v) is 7.59. The molecule has 10 rings (SSSR count). The number of hydrogen-bond donors (Lipinski definition) is 0. The van der Waals surface area contributed by atoms with Gasteiger partial charge in [0, 0.05) is 44.5 Å². The summed E-state index contributed by atoms with van der Waals surface area (Å²) in [6.45, 7) is 0. The van der Waals surface area contributed by atoms with Crippen LogP contribution in [0.4, 0.5) is 0 Å². The minimum absolute atomic E-state index is 0.831. The van der Waals surface area contributed by atoms with Crippen LogP contribution in [0.3, 0.4) is 0 Å². The smallest absolute Gasteiger partial charge is 0.0717 e. The zero-order chi connectivity index (χ0) is 40.1. The van der Waals surface area contributed by atoms with E-state index < -0.39 is 0 Å². The Balaban J connectivity index is 1.24. The maximum atomic E-state index is 5.53. The van der Waals surface area contributed by atoms with E-state index in [9.17, 15) is 0 Å². The Bertz CT molecular complexity index is 2530. The van der Waals surface area contributed by atoms with Gasteiger partial charge in [0.25, 0.3) is 0 Å². The van der Waals surface area contributed by atoms with Gasteiger partial charge in [-0.05, 0) is 59.7 Å². The van der Waals surface area contributed by atoms with Crippen LogP contribution >= 0.6 is 0 Å². The molecule has 0 radical (unpaired) electrons. The van der Waals surface area contributed by atoms with E-state index in [1.807, 2.05) is 36.4 Å². The minimum Gasteiger partial charge on any atom is -0.248 e. The molecule has 4 heterocycles. The predicted octanol–water partition coefficient (Wildman–Crippen LogP) is 14.3. The third-order valence-corrected chi connectivity index (χ3v) is 10.6. The molecular formula is C56H38N4. The second-order valence-electron chi connectivity index (χ2n) is 14.7. The highest BCUT2D eigenvalue weighted by atomic mass is 14.8. The zero-order valence-electron chi connectivity index (χ0n) is 32.7. The Morgan fingerprint density at radius 2 is 0.300 bits per heavy atom. The number of aromatic nitrogens is 4. The normalized spacial score (nSPS) is 11.0. The highest BCUT2D eigenvalue weighted by molar-refractivity contribution is 5.85. The van der Waals surface area contributed by atoms with Gasteiger partial charge in [-0.2, -0.15) is 0 Å². The summed E-state index contributed by atoms with van der Waals surface area (Å²) in [7, 11) is 0. The second-order valence-corrected chi connectivity index (χ2v) is 14.7. The van der Waals surface area contributed by atoms with Crippen molar-refractivity contribution in [3.8, 4) is 101 Å². The van der Waals surface area contributed by atoms with Crippen LogP contribution in [0.1, 0.15) is 0 Å². The summed E-state index contributed by atoms with van der Waals surface area (Å²) in [4.78, 5) is 21.1. The fraction of sp³-hybridized carbons (Fsp3) is 0. The number of nitrogens with zero attached hydrogens (tertiary/aromatic N) is 4. The molecule has 0 saturated carbocycles. The summed E-state index contributed by atoms with van der Waals surface area (Å²) in [5.41, 5.74) is 17.2. The lowest BCUT2D eigenvalue weighted by molar-refractivity contribution is 1.27. The van der Waals surface area contributed by atoms with E-state index in [0.717, 1.165) is 101 Å². The lowest BCUT2D eigenvalue weighted by Crippen LogP contribution is -1.97. The van der Waals surface area contributed by atoms with Crippen molar-refractivity contribution < 1.29 is 0 Å². The van der Waals surface area contributed by atoms with E-state index in [1.54, 1.807) is 0 Å². The first-order chi connectivity index (χ1) is 29.7. The number of pyridine rings is 4. The molecule has 10 aromatic rings. The molecule has 0 spiro atoms. The van der Waals surface area contributed by atoms with E-state index in [1.165, 1.54) is 0 Å². The molecule has 282 valence electrons. The third kappa shape index (κ3) is 7.78. The molecule has 60 heavy (non-hydrogen) atoms. The Hall–Kier alpha value is -8.08. The average Bonchev–Trinajstić information content (AvgIpc) is 3.35. The first-order valence-corrected chi connectivity index (χ1v) is 20.1. The quantitative estimate of drug-likeness (QED) is 0.147. The first-order valence-electron chi connectivity index (χ1n) is 20.1. The lowest BCUT2D eigenvalue weighted by Gasteiger charge is -2.15. The molecule has 4 aromatic heterocycles. The fourth-order valence-electron chi connectivity index (χ4n) is 7.59. The van der Waals surface area contributed by atoms with Gasteiger partial charge in [0.05, 0.1) is 45.6 Å². The molecule has 0 aliphatic rings. The summed E-state index contributed by atoms with van der Waals surface area (Å²) in [5, 5.41) is 0. The van der Waals surface area contributed by atoms with Crippen molar-refractivity contribution >= 4 is 0 Å². The van der Waals surface area contributed by atoms with Gasteiger partial charge in [-0.1, -0.05) is 182 Å². The highest BCUT2D eigenvalue weighted by Crippen LogP contribution is 2.38. The Kier molecular flexibility index (Phi) is 9.92. The molecule has 0 atom stereocenters. The SMILES string of the molecule is c1ccc(-c2cc(-c3cc(-c4cc(-c5ccccc5)nc(-c5ccccc5)c4)nc(-c4cc(-c5ccccc5)nc(-c5ccccc5)c4)c3)cc(-c3ccccc3)n2)cc1. The van der Waals surface area contributed by atoms with E-state index in [4.69, 9.17) is 19.9 Å². The largest absolute Gasteiger partial charge is 0.248 e. The van der Waals surface area contributed by atoms with Crippen molar-refractivity contribution in [2.24, 2.45) is 0 Å². The van der Waals surface area contributed by atoms with Gasteiger partial charge in [0.15, 0.2) is 0 Å². The van der Waals surface area contributed by atoms with Crippen LogP contribution in [0.2, 0.25) is 0 Å². The summed E-state index contributed by atoms with van der Waals surface area (Å²) in [6, 6.07) is 79.7. The molecule has 6 aromatic carbocycles. The molecule has 0 saturated heterocycles. The highest BCUT2D eigenvalue weighted by Gasteiger charge is 2.17. The van der Waals surface area contributed by atoms with Crippen molar-refractivity contribution in [3.63, 3.8) is 0 Å². The molecule has 0 fully saturated rings. The Labute approximate surface area is 350 Å². The monoisotopic (exact) mass is 766 g/mol. The maximum absolute atomic E-state index is 5.53. The van der Waals surface area contributed by atoms with Gasteiger partial charge in [-0.25, -0.2) is 19.9 Å². The van der Waals surface area contributed by atoms with Crippen LogP contribution < -0.4 is 0 Å². The lowest BCUT2D eigenvalue weighted by atomic mass is 9.95. The Morgan fingerprint density at radius 3 is 0.483 bits per heavy atom. The van der Waals surface area contributed by atoms with Gasteiger partial charge in [0.2, 0.25) is 0 Å². The predicted molar refractivity (Wildman–Crippen MR) is 247 cm³/mol. The topological polar surface area (TPSA) is 51.6 Å². The maximum Gasteiger partial charge on any atom is 0.0717 e. The molecule has 0 aliphatic heterocycles. The van der Waals surface area contributed by atoms with Crippen molar-refractivity contribution in [1.29, 1.82) is 0 Å². The van der Waals surface area contributed by atoms with Crippen molar-refractivity contribution in [3.05, 3.63) is 231 Å². The van der Waals surface area contributed by atoms with Gasteiger partial charge < -0.3 is 0 Å². The van der Waals surface area contributed by atoms with Gasteiger partial charge in [-0.15, -0.1) is 0 Å². The Morgan fingerprint density at radius 1 is 0.150 bits per heavy atom. The first kappa shape index (κ1) is 36.3. The van der Waals surface area contributed by atoms with Gasteiger partial charge >= 0.3 is 0 Å². The van der Waals surface area contributed by atoms with E-state index in [0.29, 0.717) is 0 Å². The minimum atomic E-state index is 0.831. The van der Waals surface area contributed by atoms with Crippen LogP contribution in [0.15, 0.2) is 231 Å². The summed E-state index contributed by atoms with van der Waals surface area (Å²) >= 11 is 0. The van der Waals surface area contributed by atoms with Crippen molar-refractivity contribution in [1.82, 2.24) is 19.9 Å². The molecule has 4 nitrogen and oxygen atoms in total. The van der Waals surface area contributed by atoms with Crippen LogP contribution in [-0.4, -0.2) is 19.9 Å². The molecular weight excluding hydrogens is 729 g/mol. The zero-order valence-corrected chi connectivity index (χ0v) is 32.7. The van der Waals surface area contributed by atoms with E-state index in [2.05, 4.69) is 194 Å². The van der Waals surface area contributed by atoms with Gasteiger partial charge in [-0.3, -0.25) is 0 Å². The molecule has 0 aliphatic carbocycles. The molecule has 4 heteroatoms. The summed E-state index contributed by atoms with van der Waals surface area (Å²) in [6.07, 6.45) is 0. The summed E-state index contributed by atoms with van der Waals surface area (Å²) < 4.78 is 0. The van der Waals surface area contributed by atoms with Crippen LogP contribution in [0.25, 0.3) is 101 Å². The summed E-state index contributed by atoms with van der Waals surface area (Å²) in [5.74, 6) is 0. The van der Waals surface area contributed by atoms with Crippen LogP contribution in [0, 0.1) is 0 Å². The number of hydrogen-bond acceptors (Lipinski definition) is 4. The average molecular weight is 767 g/mol. The van der Waals surface area contributed by atoms with Crippen LogP contribution in [-0.2, 0) is 0 Å². The standard InChI is InChI=1S/C56H38N4/c1-7-19-39(20-8-1)49-31-45(32-50(57-49)40-21-9-2-10-22-40)46-33-55(47-35-51(41-23-11-3-12-24-41)58-52(36-47)42-25-13-4-14-26-42)60-56(34-46)48-37-53(43-27-15-5-16-28-43)59-54(38-48)44-29-17-6-18-30-44/h1-38H. The van der Waals surface area contributed by atoms with Crippen LogP contribution in [0.5, 0.6) is 0 Å². The number of benzene rings is 6.